The molecule has 0 radical (unpaired) electrons. The lowest BCUT2D eigenvalue weighted by molar-refractivity contribution is 1.18. The molecule has 0 aliphatic rings. The molecule has 0 fully saturated rings. The molecule has 0 saturated carbocycles. The predicted molar refractivity (Wildman–Crippen MR) is 122 cm³/mol. The van der Waals surface area contributed by atoms with E-state index >= 15 is 0 Å². The average molecular weight is 386 g/mol. The molecule has 0 spiro atoms. The Labute approximate surface area is 173 Å². The van der Waals surface area contributed by atoms with E-state index in [2.05, 4.69) is 92.7 Å². The minimum atomic E-state index is 0. The van der Waals surface area contributed by atoms with Crippen molar-refractivity contribution >= 4 is 28.9 Å². The van der Waals surface area contributed by atoms with Crippen molar-refractivity contribution in [3.8, 4) is 0 Å². The minimum Gasteiger partial charge on any atom is -0.300 e. The van der Waals surface area contributed by atoms with E-state index in [1.807, 2.05) is 6.07 Å². The smallest absolute Gasteiger partial charge is 0.0692 e. The number of halogens is 1. The fourth-order valence-electron chi connectivity index (χ4n) is 3.83. The second-order valence-electron chi connectivity index (χ2n) is 7.16. The molecule has 0 aromatic heterocycles. The molecule has 0 unspecified atom stereocenters. The van der Waals surface area contributed by atoms with E-state index < -0.39 is 0 Å². The first-order valence-corrected chi connectivity index (χ1v) is 9.34. The van der Waals surface area contributed by atoms with Gasteiger partial charge >= 0.3 is 0 Å². The monoisotopic (exact) mass is 385 g/mol. The molecule has 0 saturated heterocycles. The van der Waals surface area contributed by atoms with Crippen LogP contribution in [0.1, 0.15) is 33.4 Å². The highest BCUT2D eigenvalue weighted by atomic mass is 35.5. The lowest BCUT2D eigenvalue weighted by atomic mass is 9.89. The van der Waals surface area contributed by atoms with Crippen molar-refractivity contribution in [2.75, 3.05) is 0 Å². The molecule has 0 amide bonds. The summed E-state index contributed by atoms with van der Waals surface area (Å²) in [6.45, 7) is 4.17. The zero-order chi connectivity index (χ0) is 18.8. The van der Waals surface area contributed by atoms with Crippen LogP contribution in [0.25, 0.3) is 10.8 Å². The predicted octanol–water partition coefficient (Wildman–Crippen LogP) is 6.89. The molecule has 4 rings (SSSR count). The maximum absolute atomic E-state index is 8.89. The van der Waals surface area contributed by atoms with Gasteiger partial charge in [-0.25, -0.2) is 0 Å². The molecule has 28 heavy (non-hydrogen) atoms. The number of aryl methyl sites for hydroxylation is 2. The fourth-order valence-corrected chi connectivity index (χ4v) is 3.83. The molecule has 0 heterocycles. The van der Waals surface area contributed by atoms with Gasteiger partial charge in [0.05, 0.1) is 5.71 Å². The van der Waals surface area contributed by atoms with Crippen molar-refractivity contribution in [3.05, 3.63) is 118 Å². The van der Waals surface area contributed by atoms with Crippen LogP contribution in [0.5, 0.6) is 0 Å². The molecule has 1 N–H and O–H groups in total. The minimum absolute atomic E-state index is 0. The van der Waals surface area contributed by atoms with Gasteiger partial charge in [-0.05, 0) is 53.3 Å². The Balaban J connectivity index is 0.00000225. The van der Waals surface area contributed by atoms with E-state index in [1.54, 1.807) is 0 Å². The Bertz CT molecular complexity index is 1120. The van der Waals surface area contributed by atoms with Gasteiger partial charge < -0.3 is 0 Å². The van der Waals surface area contributed by atoms with E-state index in [1.165, 1.54) is 21.9 Å². The third kappa shape index (κ3) is 3.85. The number of hydrogen-bond donors (Lipinski definition) is 1. The SMILES string of the molecule is Cc1cccc(C)c1C(=N)c1ccccc1Cc1ccc2ccccc2c1.Cl. The van der Waals surface area contributed by atoms with Crippen molar-refractivity contribution in [3.63, 3.8) is 0 Å². The van der Waals surface area contributed by atoms with Crippen LogP contribution in [0.4, 0.5) is 0 Å². The molecule has 0 aliphatic carbocycles. The lowest BCUT2D eigenvalue weighted by Crippen LogP contribution is -2.09. The average Bonchev–Trinajstić information content (AvgIpc) is 2.68. The van der Waals surface area contributed by atoms with Crippen molar-refractivity contribution in [2.45, 2.75) is 20.3 Å². The van der Waals surface area contributed by atoms with Gasteiger partial charge in [-0.15, -0.1) is 12.4 Å². The molecule has 2 heteroatoms. The zero-order valence-corrected chi connectivity index (χ0v) is 17.0. The standard InChI is InChI=1S/C26H23N.ClH/c1-18-8-7-9-19(2)25(18)26(27)24-13-6-5-12-23(24)17-20-14-15-21-10-3-4-11-22(21)16-20;/h3-16,27H,17H2,1-2H3;1H. The van der Waals surface area contributed by atoms with E-state index in [0.717, 1.165) is 28.7 Å². The van der Waals surface area contributed by atoms with Crippen LogP contribution in [-0.2, 0) is 6.42 Å². The topological polar surface area (TPSA) is 23.9 Å². The van der Waals surface area contributed by atoms with Crippen LogP contribution in [0.3, 0.4) is 0 Å². The maximum Gasteiger partial charge on any atom is 0.0692 e. The molecule has 4 aromatic carbocycles. The third-order valence-electron chi connectivity index (χ3n) is 5.23. The summed E-state index contributed by atoms with van der Waals surface area (Å²) in [5, 5.41) is 11.4. The summed E-state index contributed by atoms with van der Waals surface area (Å²) >= 11 is 0. The van der Waals surface area contributed by atoms with Gasteiger partial charge in [-0.2, -0.15) is 0 Å². The summed E-state index contributed by atoms with van der Waals surface area (Å²) in [5.74, 6) is 0. The van der Waals surface area contributed by atoms with Gasteiger partial charge in [-0.1, -0.05) is 84.9 Å². The van der Waals surface area contributed by atoms with Gasteiger partial charge in [0.1, 0.15) is 0 Å². The molecule has 1 nitrogen and oxygen atoms in total. The van der Waals surface area contributed by atoms with Crippen molar-refractivity contribution in [1.82, 2.24) is 0 Å². The maximum atomic E-state index is 8.89. The number of fused-ring (bicyclic) bond motifs is 1. The Kier molecular flexibility index (Phi) is 5.96. The Hall–Kier alpha value is -2.90. The summed E-state index contributed by atoms with van der Waals surface area (Å²) in [4.78, 5) is 0. The molecule has 4 aromatic rings. The van der Waals surface area contributed by atoms with Gasteiger partial charge in [0.15, 0.2) is 0 Å². The Morgan fingerprint density at radius 1 is 0.714 bits per heavy atom. The highest BCUT2D eigenvalue weighted by Gasteiger charge is 2.14. The van der Waals surface area contributed by atoms with Crippen molar-refractivity contribution in [1.29, 1.82) is 5.41 Å². The summed E-state index contributed by atoms with van der Waals surface area (Å²) in [6.07, 6.45) is 0.828. The Morgan fingerprint density at radius 2 is 1.36 bits per heavy atom. The number of rotatable bonds is 4. The fraction of sp³-hybridized carbons (Fsp3) is 0.115. The molecule has 140 valence electrons. The highest BCUT2D eigenvalue weighted by Crippen LogP contribution is 2.24. The van der Waals surface area contributed by atoms with Gasteiger partial charge in [0.25, 0.3) is 0 Å². The van der Waals surface area contributed by atoms with Crippen molar-refractivity contribution < 1.29 is 0 Å². The molecule has 0 bridgehead atoms. The van der Waals surface area contributed by atoms with Gasteiger partial charge in [-0.3, -0.25) is 5.41 Å². The van der Waals surface area contributed by atoms with E-state index in [-0.39, 0.29) is 12.4 Å². The molecular formula is C26H24ClN. The van der Waals surface area contributed by atoms with E-state index in [0.29, 0.717) is 5.71 Å². The first-order chi connectivity index (χ1) is 13.1. The highest BCUT2D eigenvalue weighted by molar-refractivity contribution is 6.13. The largest absolute Gasteiger partial charge is 0.300 e. The second-order valence-corrected chi connectivity index (χ2v) is 7.16. The first kappa shape index (κ1) is 19.9. The molecule has 0 atom stereocenters. The first-order valence-electron chi connectivity index (χ1n) is 9.34. The van der Waals surface area contributed by atoms with Crippen LogP contribution in [0, 0.1) is 19.3 Å². The van der Waals surface area contributed by atoms with Crippen LogP contribution < -0.4 is 0 Å². The number of nitrogens with one attached hydrogen (secondary N) is 1. The molecule has 0 aliphatic heterocycles. The van der Waals surface area contributed by atoms with Gasteiger partial charge in [0.2, 0.25) is 0 Å². The lowest BCUT2D eigenvalue weighted by Gasteiger charge is -2.15. The van der Waals surface area contributed by atoms with E-state index in [4.69, 9.17) is 5.41 Å². The van der Waals surface area contributed by atoms with Crippen LogP contribution in [0.2, 0.25) is 0 Å². The summed E-state index contributed by atoms with van der Waals surface area (Å²) in [7, 11) is 0. The quantitative estimate of drug-likeness (QED) is 0.370. The normalized spacial score (nSPS) is 10.5. The zero-order valence-electron chi connectivity index (χ0n) is 16.2. The summed E-state index contributed by atoms with van der Waals surface area (Å²) in [5.41, 5.74) is 7.45. The van der Waals surface area contributed by atoms with Crippen LogP contribution >= 0.6 is 12.4 Å². The van der Waals surface area contributed by atoms with Gasteiger partial charge in [0, 0.05) is 11.1 Å². The second kappa shape index (κ2) is 8.41. The third-order valence-corrected chi connectivity index (χ3v) is 5.23. The Morgan fingerprint density at radius 3 is 2.11 bits per heavy atom. The van der Waals surface area contributed by atoms with Crippen molar-refractivity contribution in [2.24, 2.45) is 0 Å². The number of hydrogen-bond acceptors (Lipinski definition) is 1. The van der Waals surface area contributed by atoms with Crippen LogP contribution in [0.15, 0.2) is 84.9 Å². The molecular weight excluding hydrogens is 362 g/mol. The summed E-state index contributed by atoms with van der Waals surface area (Å²) < 4.78 is 0. The van der Waals surface area contributed by atoms with E-state index in [9.17, 15) is 0 Å². The van der Waals surface area contributed by atoms with Crippen LogP contribution in [-0.4, -0.2) is 5.71 Å². The number of benzene rings is 4. The summed E-state index contributed by atoms with van der Waals surface area (Å²) in [6, 6.07) is 29.6.